The van der Waals surface area contributed by atoms with Crippen LogP contribution in [-0.4, -0.2) is 67.1 Å². The maximum absolute atomic E-state index is 12.3. The summed E-state index contributed by atoms with van der Waals surface area (Å²) in [4.78, 5) is 36.9. The van der Waals surface area contributed by atoms with Crippen LogP contribution in [0, 0.1) is 6.92 Å². The monoisotopic (exact) mass is 486 g/mol. The molecule has 0 bridgehead atoms. The number of alkyl halides is 2. The number of hydrogen-bond donors (Lipinski definition) is 1. The van der Waals surface area contributed by atoms with Crippen LogP contribution >= 0.6 is 23.2 Å². The third kappa shape index (κ3) is 11.2. The molecule has 0 unspecified atom stereocenters. The molecule has 178 valence electrons. The van der Waals surface area contributed by atoms with Gasteiger partial charge in [0.15, 0.2) is 0 Å². The number of amides is 1. The van der Waals surface area contributed by atoms with E-state index in [1.54, 1.807) is 0 Å². The van der Waals surface area contributed by atoms with Crippen molar-refractivity contribution in [2.45, 2.75) is 58.8 Å². The van der Waals surface area contributed by atoms with Gasteiger partial charge in [-0.1, -0.05) is 18.2 Å². The molecule has 7 nitrogen and oxygen atoms in total. The van der Waals surface area contributed by atoms with Crippen LogP contribution in [0.1, 0.15) is 43.9 Å². The minimum atomic E-state index is -0.577. The molecule has 0 radical (unpaired) electrons. The van der Waals surface area contributed by atoms with Gasteiger partial charge in [-0.05, 0) is 50.8 Å². The number of rotatable bonds is 13. The normalized spacial score (nSPS) is 12.1. The molecule has 0 aliphatic heterocycles. The standard InChI is InChI=1S/C22H33BCl2N2O5/c1-16-5-6-17(14-31-21(30)27(9-7-24)10-8-25)11-18(16)12-19(26-23-15-28)13-20(29)32-22(2,3)4/h5-6,11,15,19,23,26H,7-10,12-14H2,1-4H3/t19-/m0/s1. The molecule has 32 heavy (non-hydrogen) atoms. The van der Waals surface area contributed by atoms with Gasteiger partial charge >= 0.3 is 12.1 Å². The van der Waals surface area contributed by atoms with E-state index in [4.69, 9.17) is 32.7 Å². The molecule has 0 spiro atoms. The molecule has 1 rings (SSSR count). The zero-order valence-corrected chi connectivity index (χ0v) is 20.8. The third-order valence-corrected chi connectivity index (χ3v) is 4.87. The Balaban J connectivity index is 2.85. The van der Waals surface area contributed by atoms with E-state index >= 15 is 0 Å². The zero-order chi connectivity index (χ0) is 24.1. The summed E-state index contributed by atoms with van der Waals surface area (Å²) in [7, 11) is 0.140. The van der Waals surface area contributed by atoms with E-state index in [9.17, 15) is 14.4 Å². The lowest BCUT2D eigenvalue weighted by Gasteiger charge is -2.23. The van der Waals surface area contributed by atoms with Crippen LogP contribution in [0.15, 0.2) is 18.2 Å². The molecule has 0 saturated carbocycles. The number of carbonyl (C=O) groups is 3. The highest BCUT2D eigenvalue weighted by Crippen LogP contribution is 2.17. The molecule has 1 atom stereocenters. The molecule has 0 aromatic heterocycles. The molecule has 1 N–H and O–H groups in total. The Kier molecular flexibility index (Phi) is 12.7. The fraction of sp³-hybridized carbons (Fsp3) is 0.591. The maximum atomic E-state index is 12.3. The largest absolute Gasteiger partial charge is 0.460 e. The van der Waals surface area contributed by atoms with Gasteiger partial charge in [0, 0.05) is 30.9 Å². The summed E-state index contributed by atoms with van der Waals surface area (Å²) in [6.45, 7) is 8.24. The molecule has 0 fully saturated rings. The van der Waals surface area contributed by atoms with E-state index in [0.717, 1.165) is 22.9 Å². The first-order valence-electron chi connectivity index (χ1n) is 10.6. The van der Waals surface area contributed by atoms with E-state index < -0.39 is 11.7 Å². The first kappa shape index (κ1) is 28.3. The van der Waals surface area contributed by atoms with Gasteiger partial charge in [0.05, 0.1) is 12.6 Å². The predicted octanol–water partition coefficient (Wildman–Crippen LogP) is 3.19. The maximum Gasteiger partial charge on any atom is 0.410 e. The number of carbonyl (C=O) groups excluding carboxylic acids is 3. The van der Waals surface area contributed by atoms with Crippen molar-refractivity contribution >= 4 is 48.9 Å². The van der Waals surface area contributed by atoms with Gasteiger partial charge in [-0.25, -0.2) is 4.79 Å². The summed E-state index contributed by atoms with van der Waals surface area (Å²) in [6, 6.07) is 5.51. The second-order valence-corrected chi connectivity index (χ2v) is 9.20. The van der Waals surface area contributed by atoms with Crippen LogP contribution < -0.4 is 5.23 Å². The quantitative estimate of drug-likeness (QED) is 0.199. The molecule has 0 saturated heterocycles. The number of nitrogens with one attached hydrogen (secondary N) is 1. The van der Waals surface area contributed by atoms with Crippen LogP contribution in [-0.2, 0) is 32.1 Å². The van der Waals surface area contributed by atoms with Crippen molar-refractivity contribution in [3.63, 3.8) is 0 Å². The molecular weight excluding hydrogens is 454 g/mol. The minimum absolute atomic E-state index is 0.103. The number of esters is 1. The molecule has 0 heterocycles. The van der Waals surface area contributed by atoms with Crippen molar-refractivity contribution in [1.29, 1.82) is 0 Å². The number of aryl methyl sites for hydroxylation is 1. The summed E-state index contributed by atoms with van der Waals surface area (Å²) < 4.78 is 10.8. The van der Waals surface area contributed by atoms with Gasteiger partial charge in [-0.15, -0.1) is 23.2 Å². The smallest absolute Gasteiger partial charge is 0.410 e. The van der Waals surface area contributed by atoms with Crippen LogP contribution in [0.4, 0.5) is 4.79 Å². The molecule has 0 aliphatic carbocycles. The number of halogens is 2. The summed E-state index contributed by atoms with van der Waals surface area (Å²) in [5.74, 6) is 0.267. The summed E-state index contributed by atoms with van der Waals surface area (Å²) >= 11 is 11.5. The second kappa shape index (κ2) is 14.4. The number of ether oxygens (including phenoxy) is 2. The van der Waals surface area contributed by atoms with Gasteiger partial charge < -0.3 is 24.4 Å². The summed E-state index contributed by atoms with van der Waals surface area (Å²) in [5.41, 5.74) is 2.27. The van der Waals surface area contributed by atoms with Crippen LogP contribution in [0.5, 0.6) is 0 Å². The Morgan fingerprint density at radius 3 is 2.44 bits per heavy atom. The predicted molar refractivity (Wildman–Crippen MR) is 129 cm³/mol. The molecule has 1 amide bonds. The van der Waals surface area contributed by atoms with E-state index in [1.807, 2.05) is 45.9 Å². The Morgan fingerprint density at radius 1 is 1.22 bits per heavy atom. The molecular formula is C22H33BCl2N2O5. The van der Waals surface area contributed by atoms with Crippen LogP contribution in [0.3, 0.4) is 0 Å². The van der Waals surface area contributed by atoms with Gasteiger partial charge in [0.2, 0.25) is 0 Å². The van der Waals surface area contributed by atoms with E-state index in [-0.39, 0.29) is 32.5 Å². The summed E-state index contributed by atoms with van der Waals surface area (Å²) in [5, 5.41) is 3.09. The lowest BCUT2D eigenvalue weighted by molar-refractivity contribution is -0.155. The highest BCUT2D eigenvalue weighted by molar-refractivity contribution is 6.64. The third-order valence-electron chi connectivity index (χ3n) is 4.53. The van der Waals surface area contributed by atoms with Gasteiger partial charge in [-0.2, -0.15) is 0 Å². The number of benzene rings is 1. The fourth-order valence-corrected chi connectivity index (χ4v) is 3.46. The second-order valence-electron chi connectivity index (χ2n) is 8.45. The SMILES string of the molecule is Cc1ccc(COC(=O)N(CCCl)CCCl)cc1C[C@@H](CC(=O)OC(C)(C)C)NBC=O. The number of nitrogens with zero attached hydrogens (tertiary/aromatic N) is 1. The van der Waals surface area contributed by atoms with E-state index in [2.05, 4.69) is 5.23 Å². The Bertz CT molecular complexity index is 752. The zero-order valence-electron chi connectivity index (χ0n) is 19.3. The lowest BCUT2D eigenvalue weighted by Crippen LogP contribution is -2.38. The molecule has 10 heteroatoms. The highest BCUT2D eigenvalue weighted by Gasteiger charge is 2.21. The Morgan fingerprint density at radius 2 is 1.88 bits per heavy atom. The van der Waals surface area contributed by atoms with Crippen molar-refractivity contribution < 1.29 is 23.9 Å². The number of hydrogen-bond acceptors (Lipinski definition) is 6. The van der Waals surface area contributed by atoms with Crippen molar-refractivity contribution in [2.75, 3.05) is 24.8 Å². The van der Waals surface area contributed by atoms with Gasteiger partial charge in [0.25, 0.3) is 7.41 Å². The Labute approximate surface area is 201 Å². The van der Waals surface area contributed by atoms with Crippen molar-refractivity contribution in [1.82, 2.24) is 10.1 Å². The molecule has 0 aliphatic rings. The van der Waals surface area contributed by atoms with E-state index in [0.29, 0.717) is 31.3 Å². The highest BCUT2D eigenvalue weighted by atomic mass is 35.5. The van der Waals surface area contributed by atoms with Crippen molar-refractivity contribution in [2.24, 2.45) is 0 Å². The van der Waals surface area contributed by atoms with Crippen molar-refractivity contribution in [3.05, 3.63) is 34.9 Å². The average Bonchev–Trinajstić information content (AvgIpc) is 2.70. The summed E-state index contributed by atoms with van der Waals surface area (Å²) in [6.07, 6.45) is 0.947. The van der Waals surface area contributed by atoms with E-state index in [1.165, 1.54) is 4.90 Å². The minimum Gasteiger partial charge on any atom is -0.460 e. The first-order chi connectivity index (χ1) is 15.1. The first-order valence-corrected chi connectivity index (χ1v) is 11.7. The van der Waals surface area contributed by atoms with Gasteiger partial charge in [-0.3, -0.25) is 4.79 Å². The molecule has 1 aromatic carbocycles. The topological polar surface area (TPSA) is 84.9 Å². The van der Waals surface area contributed by atoms with Gasteiger partial charge in [0.1, 0.15) is 12.2 Å². The van der Waals surface area contributed by atoms with Crippen molar-refractivity contribution in [3.8, 4) is 0 Å². The fourth-order valence-electron chi connectivity index (χ4n) is 3.05. The average molecular weight is 487 g/mol. The lowest BCUT2D eigenvalue weighted by atomic mass is 9.91. The Hall–Kier alpha value is -1.77. The van der Waals surface area contributed by atoms with Crippen LogP contribution in [0.2, 0.25) is 0 Å². The molecule has 1 aromatic rings. The van der Waals surface area contributed by atoms with Crippen LogP contribution in [0.25, 0.3) is 0 Å².